The van der Waals surface area contributed by atoms with E-state index in [0.29, 0.717) is 0 Å². The Hall–Kier alpha value is -6.30. The van der Waals surface area contributed by atoms with Crippen molar-refractivity contribution in [2.75, 3.05) is 9.80 Å². The van der Waals surface area contributed by atoms with Gasteiger partial charge in [-0.15, -0.1) is 0 Å². The second kappa shape index (κ2) is 15.1. The van der Waals surface area contributed by atoms with Gasteiger partial charge < -0.3 is 9.80 Å². The molecule has 0 N–H and O–H groups in total. The Morgan fingerprint density at radius 2 is 0.695 bits per heavy atom. The van der Waals surface area contributed by atoms with Gasteiger partial charge in [-0.25, -0.2) is 0 Å². The van der Waals surface area contributed by atoms with Gasteiger partial charge in [-0.1, -0.05) is 139 Å². The zero-order valence-electron chi connectivity index (χ0n) is 36.4. The second-order valence-corrected chi connectivity index (χ2v) is 18.8. The molecule has 294 valence electrons. The topological polar surface area (TPSA) is 6.48 Å². The number of aryl methyl sites for hydroxylation is 2. The SMILES string of the molecule is Cc1ccc(N(c2ccc(C#Cc3ccc4c(c3)C(C)(C)c3cc(N(c5ccc(C)cc5)c5ccc(C(C)(C)C)cc5)ccc3-4)cc2)c2ccc(C(C)(C)C)cc2)cc1. The molecule has 0 heterocycles. The predicted molar refractivity (Wildman–Crippen MR) is 253 cm³/mol. The van der Waals surface area contributed by atoms with E-state index in [0.717, 1.165) is 45.3 Å². The fourth-order valence-electron chi connectivity index (χ4n) is 8.28. The van der Waals surface area contributed by atoms with Gasteiger partial charge in [0.2, 0.25) is 0 Å². The number of hydrogen-bond donors (Lipinski definition) is 0. The number of fused-ring (bicyclic) bond motifs is 3. The lowest BCUT2D eigenvalue weighted by Gasteiger charge is -2.29. The third-order valence-electron chi connectivity index (χ3n) is 12.0. The van der Waals surface area contributed by atoms with Gasteiger partial charge in [0.15, 0.2) is 0 Å². The lowest BCUT2D eigenvalue weighted by molar-refractivity contribution is 0.590. The van der Waals surface area contributed by atoms with E-state index in [-0.39, 0.29) is 16.2 Å². The van der Waals surface area contributed by atoms with Crippen molar-refractivity contribution in [3.8, 4) is 23.0 Å². The Bertz CT molecular complexity index is 2670. The zero-order valence-corrected chi connectivity index (χ0v) is 36.4. The minimum Gasteiger partial charge on any atom is -0.311 e. The van der Waals surface area contributed by atoms with Gasteiger partial charge in [0, 0.05) is 50.7 Å². The van der Waals surface area contributed by atoms with Gasteiger partial charge in [-0.3, -0.25) is 0 Å². The average molecular weight is 769 g/mol. The first-order valence-corrected chi connectivity index (χ1v) is 20.9. The molecule has 1 aliphatic carbocycles. The van der Waals surface area contributed by atoms with Crippen molar-refractivity contribution in [1.82, 2.24) is 0 Å². The normalized spacial score (nSPS) is 12.9. The van der Waals surface area contributed by atoms with Crippen molar-refractivity contribution in [2.24, 2.45) is 0 Å². The Morgan fingerprint density at radius 1 is 0.373 bits per heavy atom. The minimum atomic E-state index is -0.195. The fourth-order valence-corrected chi connectivity index (χ4v) is 8.28. The van der Waals surface area contributed by atoms with Crippen molar-refractivity contribution in [3.63, 3.8) is 0 Å². The Morgan fingerprint density at radius 3 is 1.14 bits per heavy atom. The van der Waals surface area contributed by atoms with Gasteiger partial charge in [0.1, 0.15) is 0 Å². The summed E-state index contributed by atoms with van der Waals surface area (Å²) in [6.45, 7) is 22.5. The molecule has 0 saturated heterocycles. The first kappa shape index (κ1) is 39.5. The van der Waals surface area contributed by atoms with Crippen LogP contribution in [0, 0.1) is 25.7 Å². The van der Waals surface area contributed by atoms with E-state index in [4.69, 9.17) is 0 Å². The highest BCUT2D eigenvalue weighted by molar-refractivity contribution is 5.86. The standard InChI is InChI=1S/C57H56N2/c1-39-11-24-45(25-12-39)58(48-30-20-43(21-31-48)55(3,4)5)47-28-17-41(18-29-47)15-16-42-19-35-51-52-36-34-50(38-54(52)57(9,10)53(51)37-42)59(46-26-13-40(2)14-27-46)49-32-22-44(23-33-49)56(6,7)8/h11-14,17-38H,1-10H3. The van der Waals surface area contributed by atoms with Crippen LogP contribution < -0.4 is 9.80 Å². The molecule has 0 amide bonds. The smallest absolute Gasteiger partial charge is 0.0465 e. The molecule has 8 rings (SSSR count). The van der Waals surface area contributed by atoms with E-state index in [1.165, 1.54) is 44.5 Å². The Labute approximate surface area is 353 Å². The molecule has 0 radical (unpaired) electrons. The number of hydrogen-bond acceptors (Lipinski definition) is 2. The van der Waals surface area contributed by atoms with Crippen molar-refractivity contribution in [3.05, 3.63) is 202 Å². The van der Waals surface area contributed by atoms with Crippen LogP contribution in [-0.2, 0) is 16.2 Å². The second-order valence-electron chi connectivity index (χ2n) is 18.8. The molecule has 0 atom stereocenters. The van der Waals surface area contributed by atoms with Gasteiger partial charge in [-0.2, -0.15) is 0 Å². The highest BCUT2D eigenvalue weighted by atomic mass is 15.1. The zero-order chi connectivity index (χ0) is 41.7. The summed E-state index contributed by atoms with van der Waals surface area (Å²) >= 11 is 0. The number of benzene rings is 7. The average Bonchev–Trinajstić information content (AvgIpc) is 3.43. The third kappa shape index (κ3) is 7.96. The highest BCUT2D eigenvalue weighted by Gasteiger charge is 2.36. The molecule has 0 bridgehead atoms. The summed E-state index contributed by atoms with van der Waals surface area (Å²) in [6, 6.07) is 58.0. The van der Waals surface area contributed by atoms with E-state index in [2.05, 4.69) is 249 Å². The van der Waals surface area contributed by atoms with Gasteiger partial charge in [-0.05, 0) is 155 Å². The molecule has 0 fully saturated rings. The Kier molecular flexibility index (Phi) is 10.1. The van der Waals surface area contributed by atoms with Crippen LogP contribution in [0.3, 0.4) is 0 Å². The van der Waals surface area contributed by atoms with Crippen LogP contribution in [-0.4, -0.2) is 0 Å². The minimum absolute atomic E-state index is 0.0913. The number of rotatable bonds is 6. The molecule has 0 saturated carbocycles. The summed E-state index contributed by atoms with van der Waals surface area (Å²) in [5.41, 5.74) is 19.2. The molecular weight excluding hydrogens is 713 g/mol. The summed E-state index contributed by atoms with van der Waals surface area (Å²) in [6.07, 6.45) is 0. The fraction of sp³-hybridized carbons (Fsp3) is 0.228. The van der Waals surface area contributed by atoms with Gasteiger partial charge in [0.05, 0.1) is 0 Å². The summed E-state index contributed by atoms with van der Waals surface area (Å²) in [4.78, 5) is 4.70. The molecule has 2 nitrogen and oxygen atoms in total. The van der Waals surface area contributed by atoms with Crippen molar-refractivity contribution < 1.29 is 0 Å². The quantitative estimate of drug-likeness (QED) is 0.156. The van der Waals surface area contributed by atoms with Crippen LogP contribution in [0.25, 0.3) is 11.1 Å². The van der Waals surface area contributed by atoms with Crippen LogP contribution in [0.15, 0.2) is 158 Å². The van der Waals surface area contributed by atoms with E-state index in [9.17, 15) is 0 Å². The molecule has 7 aromatic rings. The van der Waals surface area contributed by atoms with Gasteiger partial charge >= 0.3 is 0 Å². The van der Waals surface area contributed by atoms with Gasteiger partial charge in [0.25, 0.3) is 0 Å². The van der Waals surface area contributed by atoms with Crippen molar-refractivity contribution in [1.29, 1.82) is 0 Å². The highest BCUT2D eigenvalue weighted by Crippen LogP contribution is 2.51. The predicted octanol–water partition coefficient (Wildman–Crippen LogP) is 15.5. The number of nitrogens with zero attached hydrogens (tertiary/aromatic N) is 2. The molecule has 0 unspecified atom stereocenters. The van der Waals surface area contributed by atoms with Crippen LogP contribution >= 0.6 is 0 Å². The third-order valence-corrected chi connectivity index (χ3v) is 12.0. The van der Waals surface area contributed by atoms with Crippen LogP contribution in [0.1, 0.15) is 99.9 Å². The first-order valence-electron chi connectivity index (χ1n) is 20.9. The van der Waals surface area contributed by atoms with E-state index >= 15 is 0 Å². The largest absolute Gasteiger partial charge is 0.311 e. The Balaban J connectivity index is 1.08. The van der Waals surface area contributed by atoms with Crippen LogP contribution in [0.2, 0.25) is 0 Å². The monoisotopic (exact) mass is 768 g/mol. The molecule has 0 aromatic heterocycles. The maximum absolute atomic E-state index is 3.51. The molecule has 2 heteroatoms. The van der Waals surface area contributed by atoms with Crippen molar-refractivity contribution >= 4 is 34.1 Å². The van der Waals surface area contributed by atoms with E-state index < -0.39 is 0 Å². The molecule has 0 spiro atoms. The van der Waals surface area contributed by atoms with Crippen LogP contribution in [0.4, 0.5) is 34.1 Å². The molecular formula is C57H56N2. The lowest BCUT2D eigenvalue weighted by atomic mass is 9.81. The molecule has 0 aliphatic heterocycles. The summed E-state index contributed by atoms with van der Waals surface area (Å²) in [5.74, 6) is 6.99. The van der Waals surface area contributed by atoms with E-state index in [1.807, 2.05) is 0 Å². The lowest BCUT2D eigenvalue weighted by Crippen LogP contribution is -2.17. The molecule has 1 aliphatic rings. The van der Waals surface area contributed by atoms with Crippen molar-refractivity contribution in [2.45, 2.75) is 85.5 Å². The number of anilines is 6. The maximum atomic E-state index is 3.51. The summed E-state index contributed by atoms with van der Waals surface area (Å²) < 4.78 is 0. The first-order chi connectivity index (χ1) is 28.1. The molecule has 59 heavy (non-hydrogen) atoms. The summed E-state index contributed by atoms with van der Waals surface area (Å²) in [5, 5.41) is 0. The van der Waals surface area contributed by atoms with Crippen LogP contribution in [0.5, 0.6) is 0 Å². The maximum Gasteiger partial charge on any atom is 0.0465 e. The van der Waals surface area contributed by atoms with E-state index in [1.54, 1.807) is 0 Å². The molecule has 7 aromatic carbocycles. The summed E-state index contributed by atoms with van der Waals surface area (Å²) in [7, 11) is 0.